The zero-order valence-corrected chi connectivity index (χ0v) is 10.6. The summed E-state index contributed by atoms with van der Waals surface area (Å²) in [7, 11) is 2.03. The van der Waals surface area contributed by atoms with Crippen molar-refractivity contribution in [1.29, 1.82) is 0 Å². The van der Waals surface area contributed by atoms with Gasteiger partial charge in [-0.1, -0.05) is 11.6 Å². The van der Waals surface area contributed by atoms with Crippen LogP contribution < -0.4 is 5.32 Å². The Labute approximate surface area is 106 Å². The van der Waals surface area contributed by atoms with Crippen LogP contribution in [0.15, 0.2) is 12.1 Å². The lowest BCUT2D eigenvalue weighted by Crippen LogP contribution is -2.47. The van der Waals surface area contributed by atoms with Gasteiger partial charge < -0.3 is 10.4 Å². The highest BCUT2D eigenvalue weighted by atomic mass is 35.5. The van der Waals surface area contributed by atoms with E-state index in [4.69, 9.17) is 16.7 Å². The van der Waals surface area contributed by atoms with E-state index >= 15 is 0 Å². The molecule has 0 radical (unpaired) electrons. The maximum absolute atomic E-state index is 9.17. The third-order valence-electron chi connectivity index (χ3n) is 3.17. The normalized spacial score (nSPS) is 25.8. The van der Waals surface area contributed by atoms with E-state index in [1.54, 1.807) is 6.07 Å². The Bertz CT molecular complexity index is 359. The van der Waals surface area contributed by atoms with Crippen LogP contribution in [0.3, 0.4) is 0 Å². The number of anilines is 1. The summed E-state index contributed by atoms with van der Waals surface area (Å²) in [6, 6.07) is 4.18. The molecule has 5 nitrogen and oxygen atoms in total. The maximum Gasteiger partial charge on any atom is 0.151 e. The van der Waals surface area contributed by atoms with Crippen molar-refractivity contribution < 1.29 is 5.11 Å². The summed E-state index contributed by atoms with van der Waals surface area (Å²) in [5.41, 5.74) is 0. The van der Waals surface area contributed by atoms with Crippen LogP contribution in [0.4, 0.5) is 5.82 Å². The molecule has 2 atom stereocenters. The zero-order valence-electron chi connectivity index (χ0n) is 9.80. The minimum atomic E-state index is 0.226. The number of nitrogens with one attached hydrogen (secondary N) is 1. The number of piperidine rings is 1. The first kappa shape index (κ1) is 12.5. The van der Waals surface area contributed by atoms with E-state index in [0.717, 1.165) is 25.2 Å². The largest absolute Gasteiger partial charge is 0.395 e. The summed E-state index contributed by atoms with van der Waals surface area (Å²) in [5.74, 6) is 0.746. The Morgan fingerprint density at radius 1 is 1.47 bits per heavy atom. The fourth-order valence-corrected chi connectivity index (χ4v) is 2.25. The molecule has 1 aromatic rings. The van der Waals surface area contributed by atoms with E-state index in [1.165, 1.54) is 0 Å². The van der Waals surface area contributed by atoms with E-state index < -0.39 is 0 Å². The average molecular weight is 257 g/mol. The van der Waals surface area contributed by atoms with Gasteiger partial charge in [0, 0.05) is 18.6 Å². The molecule has 1 aromatic heterocycles. The number of hydrogen-bond donors (Lipinski definition) is 2. The summed E-state index contributed by atoms with van der Waals surface area (Å²) < 4.78 is 0. The molecule has 1 fully saturated rings. The van der Waals surface area contributed by atoms with Gasteiger partial charge in [0.25, 0.3) is 0 Å². The molecule has 2 heterocycles. The molecular weight excluding hydrogens is 240 g/mol. The minimum absolute atomic E-state index is 0.226. The molecule has 2 rings (SSSR count). The lowest BCUT2D eigenvalue weighted by molar-refractivity contribution is 0.108. The van der Waals surface area contributed by atoms with Crippen molar-refractivity contribution in [2.45, 2.75) is 24.9 Å². The van der Waals surface area contributed by atoms with E-state index in [1.807, 2.05) is 13.1 Å². The molecule has 1 aliphatic heterocycles. The lowest BCUT2D eigenvalue weighted by atomic mass is 9.99. The van der Waals surface area contributed by atoms with Gasteiger partial charge in [-0.25, -0.2) is 0 Å². The maximum atomic E-state index is 9.17. The van der Waals surface area contributed by atoms with Crippen molar-refractivity contribution in [2.75, 3.05) is 25.5 Å². The van der Waals surface area contributed by atoms with Crippen LogP contribution in [0.5, 0.6) is 0 Å². The van der Waals surface area contributed by atoms with Crippen molar-refractivity contribution in [1.82, 2.24) is 15.1 Å². The number of hydrogen-bond acceptors (Lipinski definition) is 5. The van der Waals surface area contributed by atoms with Gasteiger partial charge >= 0.3 is 0 Å². The summed E-state index contributed by atoms with van der Waals surface area (Å²) >= 11 is 5.68. The third kappa shape index (κ3) is 3.28. The Balaban J connectivity index is 1.90. The molecular formula is C11H17ClN4O. The number of likely N-dealkylation sites (tertiary alicyclic amines) is 1. The number of nitrogens with zero attached hydrogens (tertiary/aromatic N) is 3. The monoisotopic (exact) mass is 256 g/mol. The third-order valence-corrected chi connectivity index (χ3v) is 3.38. The van der Waals surface area contributed by atoms with Crippen LogP contribution in [-0.4, -0.2) is 52.5 Å². The van der Waals surface area contributed by atoms with Crippen molar-refractivity contribution in [2.24, 2.45) is 0 Å². The highest BCUT2D eigenvalue weighted by Gasteiger charge is 2.24. The summed E-state index contributed by atoms with van der Waals surface area (Å²) in [6.07, 6.45) is 2.02. The minimum Gasteiger partial charge on any atom is -0.395 e. The summed E-state index contributed by atoms with van der Waals surface area (Å²) in [6.45, 7) is 1.12. The van der Waals surface area contributed by atoms with Crippen LogP contribution in [0, 0.1) is 0 Å². The van der Waals surface area contributed by atoms with Gasteiger partial charge in [-0.2, -0.15) is 0 Å². The predicted octanol–water partition coefficient (Wildman–Crippen LogP) is 0.997. The molecule has 0 bridgehead atoms. The highest BCUT2D eigenvalue weighted by molar-refractivity contribution is 6.29. The van der Waals surface area contributed by atoms with Crippen LogP contribution in [0.25, 0.3) is 0 Å². The Morgan fingerprint density at radius 2 is 2.29 bits per heavy atom. The molecule has 1 aliphatic rings. The Kier molecular flexibility index (Phi) is 4.15. The number of rotatable bonds is 3. The molecule has 94 valence electrons. The van der Waals surface area contributed by atoms with E-state index in [-0.39, 0.29) is 12.6 Å². The van der Waals surface area contributed by atoms with Crippen LogP contribution in [-0.2, 0) is 0 Å². The molecule has 17 heavy (non-hydrogen) atoms. The predicted molar refractivity (Wildman–Crippen MR) is 67.2 cm³/mol. The molecule has 0 aromatic carbocycles. The van der Waals surface area contributed by atoms with Crippen molar-refractivity contribution in [3.63, 3.8) is 0 Å². The second-order valence-electron chi connectivity index (χ2n) is 4.44. The summed E-state index contributed by atoms with van der Waals surface area (Å²) in [5, 5.41) is 20.7. The lowest BCUT2D eigenvalue weighted by Gasteiger charge is -2.36. The fraction of sp³-hybridized carbons (Fsp3) is 0.636. The number of aliphatic hydroxyl groups is 1. The van der Waals surface area contributed by atoms with Crippen molar-refractivity contribution in [3.05, 3.63) is 17.3 Å². The van der Waals surface area contributed by atoms with Gasteiger partial charge in [-0.3, -0.25) is 4.90 Å². The molecule has 0 aliphatic carbocycles. The molecule has 0 spiro atoms. The standard InChI is InChI=1S/C11H17ClN4O/c1-16-6-8(2-3-9(16)7-17)13-11-5-4-10(12)14-15-11/h4-5,8-9,17H,2-3,6-7H2,1H3,(H,13,15)/t8-,9-/m0/s1. The van der Waals surface area contributed by atoms with Gasteiger partial charge in [0.15, 0.2) is 5.15 Å². The second kappa shape index (κ2) is 5.62. The SMILES string of the molecule is CN1C[C@@H](Nc2ccc(Cl)nn2)CC[C@H]1CO. The van der Waals surface area contributed by atoms with E-state index in [9.17, 15) is 0 Å². The van der Waals surface area contributed by atoms with E-state index in [2.05, 4.69) is 20.4 Å². The quantitative estimate of drug-likeness (QED) is 0.845. The number of halogens is 1. The molecule has 6 heteroatoms. The molecule has 0 saturated carbocycles. The van der Waals surface area contributed by atoms with Crippen molar-refractivity contribution >= 4 is 17.4 Å². The summed E-state index contributed by atoms with van der Waals surface area (Å²) in [4.78, 5) is 2.17. The second-order valence-corrected chi connectivity index (χ2v) is 4.82. The number of aliphatic hydroxyl groups excluding tert-OH is 1. The smallest absolute Gasteiger partial charge is 0.151 e. The average Bonchev–Trinajstić information content (AvgIpc) is 2.32. The molecule has 1 saturated heterocycles. The van der Waals surface area contributed by atoms with Gasteiger partial charge in [-0.05, 0) is 32.0 Å². The molecule has 2 N–H and O–H groups in total. The number of likely N-dealkylation sites (N-methyl/N-ethyl adjacent to an activating group) is 1. The number of aromatic nitrogens is 2. The highest BCUT2D eigenvalue weighted by Crippen LogP contribution is 2.18. The van der Waals surface area contributed by atoms with Gasteiger partial charge in [0.05, 0.1) is 6.61 Å². The fourth-order valence-electron chi connectivity index (χ4n) is 2.15. The van der Waals surface area contributed by atoms with Crippen LogP contribution >= 0.6 is 11.6 Å². The van der Waals surface area contributed by atoms with Gasteiger partial charge in [0.2, 0.25) is 0 Å². The Hall–Kier alpha value is -0.910. The van der Waals surface area contributed by atoms with Crippen LogP contribution in [0.1, 0.15) is 12.8 Å². The zero-order chi connectivity index (χ0) is 12.3. The first-order valence-corrected chi connectivity index (χ1v) is 6.13. The van der Waals surface area contributed by atoms with Gasteiger partial charge in [-0.15, -0.1) is 10.2 Å². The van der Waals surface area contributed by atoms with Gasteiger partial charge in [0.1, 0.15) is 5.82 Å². The molecule has 0 amide bonds. The first-order chi connectivity index (χ1) is 8.19. The van der Waals surface area contributed by atoms with E-state index in [0.29, 0.717) is 11.2 Å². The molecule has 0 unspecified atom stereocenters. The Morgan fingerprint density at radius 3 is 2.88 bits per heavy atom. The first-order valence-electron chi connectivity index (χ1n) is 5.76. The van der Waals surface area contributed by atoms with Crippen LogP contribution in [0.2, 0.25) is 5.15 Å². The topological polar surface area (TPSA) is 61.3 Å². The van der Waals surface area contributed by atoms with Crippen molar-refractivity contribution in [3.8, 4) is 0 Å².